The lowest BCUT2D eigenvalue weighted by Gasteiger charge is -2.11. The van der Waals surface area contributed by atoms with Gasteiger partial charge in [0.15, 0.2) is 0 Å². The minimum atomic E-state index is -0.594. The zero-order valence-electron chi connectivity index (χ0n) is 10.8. The van der Waals surface area contributed by atoms with Gasteiger partial charge in [-0.15, -0.1) is 0 Å². The van der Waals surface area contributed by atoms with Crippen LogP contribution in [0.25, 0.3) is 0 Å². The highest BCUT2D eigenvalue weighted by Crippen LogP contribution is 2.44. The summed E-state index contributed by atoms with van der Waals surface area (Å²) in [5.41, 5.74) is 1.22. The van der Waals surface area contributed by atoms with Gasteiger partial charge in [0.25, 0.3) is 0 Å². The molecule has 94 valence electrons. The minimum absolute atomic E-state index is 0.142. The van der Waals surface area contributed by atoms with Crippen LogP contribution in [0.2, 0.25) is 0 Å². The molecule has 1 amide bonds. The van der Waals surface area contributed by atoms with E-state index in [1.54, 1.807) is 0 Å². The summed E-state index contributed by atoms with van der Waals surface area (Å²) >= 11 is 0. The molecule has 0 heterocycles. The highest BCUT2D eigenvalue weighted by Gasteiger charge is 2.47. The molecule has 0 aliphatic heterocycles. The van der Waals surface area contributed by atoms with Crippen molar-refractivity contribution in [1.29, 1.82) is 5.26 Å². The van der Waals surface area contributed by atoms with Crippen LogP contribution in [0.5, 0.6) is 0 Å². The van der Waals surface area contributed by atoms with Crippen LogP contribution < -0.4 is 5.32 Å². The van der Waals surface area contributed by atoms with E-state index < -0.39 is 5.92 Å². The van der Waals surface area contributed by atoms with E-state index in [1.165, 1.54) is 0 Å². The number of rotatable bonds is 4. The molecule has 3 heteroatoms. The number of hydrogen-bond acceptors (Lipinski definition) is 2. The van der Waals surface area contributed by atoms with Gasteiger partial charge in [0.2, 0.25) is 5.91 Å². The summed E-state index contributed by atoms with van der Waals surface area (Å²) in [6.07, 6.45) is 1.48. The van der Waals surface area contributed by atoms with Crippen LogP contribution in [0.15, 0.2) is 30.3 Å². The summed E-state index contributed by atoms with van der Waals surface area (Å²) < 4.78 is 0. The summed E-state index contributed by atoms with van der Waals surface area (Å²) in [6, 6.07) is 12.0. The Morgan fingerprint density at radius 2 is 2.11 bits per heavy atom. The number of nitrogens with zero attached hydrogens (tertiary/aromatic N) is 1. The standard InChI is InChI=1S/C15H18N2O/c1-15(2)9-13(15)17-14(18)12(10-16)8-11-6-4-3-5-7-11/h3-7,12-13H,8-9H2,1-2H3,(H,17,18). The highest BCUT2D eigenvalue weighted by atomic mass is 16.2. The molecule has 1 aromatic carbocycles. The SMILES string of the molecule is CC1(C)CC1NC(=O)C(C#N)Cc1ccccc1. The first-order valence-corrected chi connectivity index (χ1v) is 6.27. The molecule has 0 radical (unpaired) electrons. The molecule has 18 heavy (non-hydrogen) atoms. The first kappa shape index (κ1) is 12.6. The van der Waals surface area contributed by atoms with Gasteiger partial charge in [-0.3, -0.25) is 4.79 Å². The van der Waals surface area contributed by atoms with Gasteiger partial charge in [0.1, 0.15) is 5.92 Å². The van der Waals surface area contributed by atoms with Crippen molar-refractivity contribution in [2.24, 2.45) is 11.3 Å². The summed E-state index contributed by atoms with van der Waals surface area (Å²) in [4.78, 5) is 12.0. The average molecular weight is 242 g/mol. The maximum atomic E-state index is 12.0. The Hall–Kier alpha value is -1.82. The molecular weight excluding hydrogens is 224 g/mol. The molecule has 2 rings (SSSR count). The molecule has 0 saturated heterocycles. The summed E-state index contributed by atoms with van der Waals surface area (Å²) in [7, 11) is 0. The maximum absolute atomic E-state index is 12.0. The zero-order chi connectivity index (χ0) is 13.2. The Morgan fingerprint density at radius 3 is 2.61 bits per heavy atom. The van der Waals surface area contributed by atoms with Crippen molar-refractivity contribution in [2.75, 3.05) is 0 Å². The maximum Gasteiger partial charge on any atom is 0.237 e. The van der Waals surface area contributed by atoms with Crippen LogP contribution in [0.1, 0.15) is 25.8 Å². The van der Waals surface area contributed by atoms with Crippen molar-refractivity contribution < 1.29 is 4.79 Å². The first-order valence-electron chi connectivity index (χ1n) is 6.27. The average Bonchev–Trinajstić information content (AvgIpc) is 2.94. The molecule has 1 aliphatic rings. The van der Waals surface area contributed by atoms with Crippen LogP contribution in [0.4, 0.5) is 0 Å². The van der Waals surface area contributed by atoms with E-state index in [-0.39, 0.29) is 17.4 Å². The summed E-state index contributed by atoms with van der Waals surface area (Å²) in [6.45, 7) is 4.24. The number of nitrogens with one attached hydrogen (secondary N) is 1. The molecule has 2 atom stereocenters. The Kier molecular flexibility index (Phi) is 3.38. The van der Waals surface area contributed by atoms with Gasteiger partial charge in [0, 0.05) is 6.04 Å². The lowest BCUT2D eigenvalue weighted by Crippen LogP contribution is -2.34. The Balaban J connectivity index is 1.93. The second kappa shape index (κ2) is 4.81. The van der Waals surface area contributed by atoms with Crippen molar-refractivity contribution in [1.82, 2.24) is 5.32 Å². The van der Waals surface area contributed by atoms with E-state index in [2.05, 4.69) is 25.2 Å². The van der Waals surface area contributed by atoms with Crippen molar-refractivity contribution in [2.45, 2.75) is 32.7 Å². The monoisotopic (exact) mass is 242 g/mol. The Morgan fingerprint density at radius 1 is 1.50 bits per heavy atom. The van der Waals surface area contributed by atoms with Crippen LogP contribution in [-0.4, -0.2) is 11.9 Å². The molecule has 1 saturated carbocycles. The molecule has 0 aromatic heterocycles. The van der Waals surface area contributed by atoms with Crippen LogP contribution >= 0.6 is 0 Å². The van der Waals surface area contributed by atoms with Gasteiger partial charge in [0.05, 0.1) is 6.07 Å². The number of amides is 1. The third-order valence-corrected chi connectivity index (χ3v) is 3.58. The van der Waals surface area contributed by atoms with Crippen LogP contribution in [-0.2, 0) is 11.2 Å². The molecule has 0 bridgehead atoms. The first-order chi connectivity index (χ1) is 8.53. The topological polar surface area (TPSA) is 52.9 Å². The smallest absolute Gasteiger partial charge is 0.237 e. The van der Waals surface area contributed by atoms with E-state index in [9.17, 15) is 4.79 Å². The van der Waals surface area contributed by atoms with Gasteiger partial charge in [-0.25, -0.2) is 0 Å². The second-order valence-electron chi connectivity index (χ2n) is 5.63. The molecule has 1 aliphatic carbocycles. The van der Waals surface area contributed by atoms with E-state index in [4.69, 9.17) is 5.26 Å². The number of carbonyl (C=O) groups is 1. The Bertz CT molecular complexity index is 473. The number of carbonyl (C=O) groups excluding carboxylic acids is 1. The number of nitriles is 1. The van der Waals surface area contributed by atoms with Gasteiger partial charge >= 0.3 is 0 Å². The molecule has 1 N–H and O–H groups in total. The fourth-order valence-electron chi connectivity index (χ4n) is 2.03. The second-order valence-corrected chi connectivity index (χ2v) is 5.63. The summed E-state index contributed by atoms with van der Waals surface area (Å²) in [5.74, 6) is -0.735. The molecule has 3 nitrogen and oxygen atoms in total. The van der Waals surface area contributed by atoms with Crippen molar-refractivity contribution in [3.8, 4) is 6.07 Å². The molecule has 0 spiro atoms. The van der Waals surface area contributed by atoms with Gasteiger partial charge in [-0.05, 0) is 23.8 Å². The van der Waals surface area contributed by atoms with Crippen molar-refractivity contribution >= 4 is 5.91 Å². The van der Waals surface area contributed by atoms with E-state index in [0.29, 0.717) is 6.42 Å². The van der Waals surface area contributed by atoms with E-state index >= 15 is 0 Å². The lowest BCUT2D eigenvalue weighted by molar-refractivity contribution is -0.123. The molecule has 2 unspecified atom stereocenters. The fourth-order valence-corrected chi connectivity index (χ4v) is 2.03. The van der Waals surface area contributed by atoms with Crippen molar-refractivity contribution in [3.63, 3.8) is 0 Å². The highest BCUT2D eigenvalue weighted by molar-refractivity contribution is 5.82. The van der Waals surface area contributed by atoms with Crippen LogP contribution in [0.3, 0.4) is 0 Å². The van der Waals surface area contributed by atoms with Crippen molar-refractivity contribution in [3.05, 3.63) is 35.9 Å². The lowest BCUT2D eigenvalue weighted by atomic mass is 10.00. The minimum Gasteiger partial charge on any atom is -0.352 e. The molecule has 1 fully saturated rings. The predicted octanol–water partition coefficient (Wildman–Crippen LogP) is 2.28. The third kappa shape index (κ3) is 2.89. The van der Waals surface area contributed by atoms with Gasteiger partial charge in [-0.2, -0.15) is 5.26 Å². The largest absolute Gasteiger partial charge is 0.352 e. The Labute approximate surface area is 108 Å². The van der Waals surface area contributed by atoms with Gasteiger partial charge < -0.3 is 5.32 Å². The van der Waals surface area contributed by atoms with Crippen LogP contribution in [0, 0.1) is 22.7 Å². The normalized spacial score (nSPS) is 21.7. The summed E-state index contributed by atoms with van der Waals surface area (Å²) in [5, 5.41) is 12.1. The van der Waals surface area contributed by atoms with Gasteiger partial charge in [-0.1, -0.05) is 44.2 Å². The predicted molar refractivity (Wildman–Crippen MR) is 69.6 cm³/mol. The number of benzene rings is 1. The molecule has 1 aromatic rings. The molecular formula is C15H18N2O. The quantitative estimate of drug-likeness (QED) is 0.880. The van der Waals surface area contributed by atoms with E-state index in [1.807, 2.05) is 30.3 Å². The fraction of sp³-hybridized carbons (Fsp3) is 0.467. The van der Waals surface area contributed by atoms with E-state index in [0.717, 1.165) is 12.0 Å². The number of hydrogen-bond donors (Lipinski definition) is 1. The third-order valence-electron chi connectivity index (χ3n) is 3.58. The zero-order valence-corrected chi connectivity index (χ0v) is 10.8.